The Morgan fingerprint density at radius 1 is 1.43 bits per heavy atom. The van der Waals surface area contributed by atoms with Gasteiger partial charge in [0.25, 0.3) is 0 Å². The lowest BCUT2D eigenvalue weighted by molar-refractivity contribution is -0.133. The Balaban J connectivity index is 2.49. The zero-order valence-corrected chi connectivity index (χ0v) is 8.03. The molecule has 0 amide bonds. The molecule has 0 aliphatic heterocycles. The molecule has 2 nitrogen and oxygen atoms in total. The number of benzene rings is 1. The van der Waals surface area contributed by atoms with Gasteiger partial charge < -0.3 is 5.11 Å². The smallest absolute Gasteiger partial charge is 0.331 e. The van der Waals surface area contributed by atoms with Gasteiger partial charge in [-0.05, 0) is 29.5 Å². The number of carbonyl (C=O) groups is 1. The normalized spacial score (nSPS) is 19.8. The van der Waals surface area contributed by atoms with E-state index in [1.807, 2.05) is 25.1 Å². The van der Waals surface area contributed by atoms with Crippen LogP contribution >= 0.6 is 0 Å². The summed E-state index contributed by atoms with van der Waals surface area (Å²) in [6, 6.07) is 7.95. The number of aliphatic carboxylic acids is 1. The average molecular weight is 188 g/mol. The molecule has 0 unspecified atom stereocenters. The van der Waals surface area contributed by atoms with E-state index in [1.54, 1.807) is 6.08 Å². The summed E-state index contributed by atoms with van der Waals surface area (Å²) >= 11 is 0. The first-order valence-corrected chi connectivity index (χ1v) is 4.71. The molecule has 2 heteroatoms. The first kappa shape index (κ1) is 9.00. The van der Waals surface area contributed by atoms with Crippen LogP contribution in [-0.4, -0.2) is 11.1 Å². The Bertz CT molecular complexity index is 405. The van der Waals surface area contributed by atoms with Crippen molar-refractivity contribution in [2.24, 2.45) is 5.92 Å². The number of rotatable bonds is 1. The van der Waals surface area contributed by atoms with E-state index < -0.39 is 5.97 Å². The van der Waals surface area contributed by atoms with Crippen LogP contribution in [0.25, 0.3) is 6.08 Å². The quantitative estimate of drug-likeness (QED) is 0.734. The van der Waals surface area contributed by atoms with Crippen LogP contribution in [0.15, 0.2) is 29.8 Å². The largest absolute Gasteiger partial charge is 0.478 e. The molecule has 0 saturated heterocycles. The summed E-state index contributed by atoms with van der Waals surface area (Å²) in [6.45, 7) is 1.95. The molecule has 0 spiro atoms. The zero-order valence-electron chi connectivity index (χ0n) is 8.03. The first-order chi connectivity index (χ1) is 6.68. The predicted molar refractivity (Wildman–Crippen MR) is 54.9 cm³/mol. The second kappa shape index (κ2) is 3.29. The maximum absolute atomic E-state index is 10.9. The molecule has 0 fully saturated rings. The number of carboxylic acids is 1. The van der Waals surface area contributed by atoms with E-state index in [1.165, 1.54) is 5.56 Å². The van der Waals surface area contributed by atoms with E-state index >= 15 is 0 Å². The Kier molecular flexibility index (Phi) is 2.12. The van der Waals surface area contributed by atoms with Crippen LogP contribution in [0.5, 0.6) is 0 Å². The number of hydrogen-bond donors (Lipinski definition) is 1. The van der Waals surface area contributed by atoms with Crippen molar-refractivity contribution in [1.82, 2.24) is 0 Å². The van der Waals surface area contributed by atoms with E-state index in [9.17, 15) is 4.79 Å². The lowest BCUT2D eigenvalue weighted by Gasteiger charge is -2.19. The highest BCUT2D eigenvalue weighted by Crippen LogP contribution is 2.28. The molecule has 2 rings (SSSR count). The molecule has 14 heavy (non-hydrogen) atoms. The minimum Gasteiger partial charge on any atom is -0.478 e. The molecule has 72 valence electrons. The Hall–Kier alpha value is -1.57. The monoisotopic (exact) mass is 188 g/mol. The molecule has 1 aromatic carbocycles. The fourth-order valence-electron chi connectivity index (χ4n) is 1.88. The van der Waals surface area contributed by atoms with Gasteiger partial charge in [0.05, 0.1) is 0 Å². The molecule has 1 atom stereocenters. The second-order valence-corrected chi connectivity index (χ2v) is 3.71. The van der Waals surface area contributed by atoms with Gasteiger partial charge in [0.15, 0.2) is 0 Å². The molecule has 0 radical (unpaired) electrons. The molecule has 0 saturated carbocycles. The van der Waals surface area contributed by atoms with Crippen molar-refractivity contribution in [3.8, 4) is 0 Å². The van der Waals surface area contributed by atoms with Crippen LogP contribution in [0.3, 0.4) is 0 Å². The van der Waals surface area contributed by atoms with Crippen molar-refractivity contribution in [3.05, 3.63) is 41.0 Å². The maximum Gasteiger partial charge on any atom is 0.331 e. The van der Waals surface area contributed by atoms with Gasteiger partial charge in [0.1, 0.15) is 0 Å². The van der Waals surface area contributed by atoms with E-state index in [0.29, 0.717) is 5.57 Å². The summed E-state index contributed by atoms with van der Waals surface area (Å²) in [7, 11) is 0. The molecule has 0 heterocycles. The number of fused-ring (bicyclic) bond motifs is 1. The maximum atomic E-state index is 10.9. The van der Waals surface area contributed by atoms with Crippen LogP contribution in [0.1, 0.15) is 18.1 Å². The minimum atomic E-state index is -0.799. The van der Waals surface area contributed by atoms with Gasteiger partial charge in [-0.3, -0.25) is 0 Å². The van der Waals surface area contributed by atoms with Crippen LogP contribution in [-0.2, 0) is 11.2 Å². The summed E-state index contributed by atoms with van der Waals surface area (Å²) in [4.78, 5) is 10.9. The van der Waals surface area contributed by atoms with Crippen molar-refractivity contribution in [3.63, 3.8) is 0 Å². The van der Waals surface area contributed by atoms with Crippen LogP contribution in [0.4, 0.5) is 0 Å². The van der Waals surface area contributed by atoms with Crippen molar-refractivity contribution in [1.29, 1.82) is 0 Å². The highest BCUT2D eigenvalue weighted by Gasteiger charge is 2.21. The third kappa shape index (κ3) is 1.43. The standard InChI is InChI=1S/C12H12O2/c1-8-6-9-4-2-3-5-10(9)7-11(8)12(13)14/h2-5,7-8H,6H2,1H3,(H,13,14)/t8-/m0/s1. The lowest BCUT2D eigenvalue weighted by atomic mass is 9.85. The molecular formula is C12H12O2. The summed E-state index contributed by atoms with van der Waals surface area (Å²) in [5.74, 6) is -0.686. The van der Waals surface area contributed by atoms with Gasteiger partial charge in [-0.25, -0.2) is 4.79 Å². The minimum absolute atomic E-state index is 0.113. The SMILES string of the molecule is C[C@H]1Cc2ccccc2C=C1C(=O)O. The molecular weight excluding hydrogens is 176 g/mol. The van der Waals surface area contributed by atoms with Crippen LogP contribution < -0.4 is 0 Å². The number of carboxylic acid groups (broad SMARTS) is 1. The summed E-state index contributed by atoms with van der Waals surface area (Å²) in [5.41, 5.74) is 2.80. The average Bonchev–Trinajstić information content (AvgIpc) is 2.16. The topological polar surface area (TPSA) is 37.3 Å². The van der Waals surface area contributed by atoms with Gasteiger partial charge in [-0.15, -0.1) is 0 Å². The summed E-state index contributed by atoms with van der Waals surface area (Å²) in [5, 5.41) is 8.97. The van der Waals surface area contributed by atoms with Crippen molar-refractivity contribution < 1.29 is 9.90 Å². The Labute approximate surface area is 82.9 Å². The van der Waals surface area contributed by atoms with Gasteiger partial charge in [0.2, 0.25) is 0 Å². The molecule has 0 aromatic heterocycles. The molecule has 1 aliphatic carbocycles. The van der Waals surface area contributed by atoms with Crippen LogP contribution in [0.2, 0.25) is 0 Å². The Morgan fingerprint density at radius 2 is 2.14 bits per heavy atom. The van der Waals surface area contributed by atoms with Crippen LogP contribution in [0, 0.1) is 5.92 Å². The highest BCUT2D eigenvalue weighted by atomic mass is 16.4. The Morgan fingerprint density at radius 3 is 2.86 bits per heavy atom. The van der Waals surface area contributed by atoms with Gasteiger partial charge >= 0.3 is 5.97 Å². The van der Waals surface area contributed by atoms with Gasteiger partial charge in [0, 0.05) is 5.57 Å². The molecule has 1 aromatic rings. The van der Waals surface area contributed by atoms with E-state index in [0.717, 1.165) is 12.0 Å². The van der Waals surface area contributed by atoms with Crippen molar-refractivity contribution >= 4 is 12.0 Å². The summed E-state index contributed by atoms with van der Waals surface area (Å²) in [6.07, 6.45) is 2.61. The molecule has 1 N–H and O–H groups in total. The third-order valence-electron chi connectivity index (χ3n) is 2.67. The predicted octanol–water partition coefficient (Wildman–Crippen LogP) is 2.35. The molecule has 0 bridgehead atoms. The molecule has 1 aliphatic rings. The summed E-state index contributed by atoms with van der Waals surface area (Å²) < 4.78 is 0. The second-order valence-electron chi connectivity index (χ2n) is 3.71. The van der Waals surface area contributed by atoms with Crippen molar-refractivity contribution in [2.45, 2.75) is 13.3 Å². The van der Waals surface area contributed by atoms with Gasteiger partial charge in [-0.1, -0.05) is 31.2 Å². The van der Waals surface area contributed by atoms with Crippen molar-refractivity contribution in [2.75, 3.05) is 0 Å². The fraction of sp³-hybridized carbons (Fsp3) is 0.250. The number of hydrogen-bond acceptors (Lipinski definition) is 1. The first-order valence-electron chi connectivity index (χ1n) is 4.71. The van der Waals surface area contributed by atoms with E-state index in [2.05, 4.69) is 6.07 Å². The lowest BCUT2D eigenvalue weighted by Crippen LogP contribution is -2.16. The van der Waals surface area contributed by atoms with E-state index in [-0.39, 0.29) is 5.92 Å². The zero-order chi connectivity index (χ0) is 10.1. The fourth-order valence-corrected chi connectivity index (χ4v) is 1.88. The van der Waals surface area contributed by atoms with Gasteiger partial charge in [-0.2, -0.15) is 0 Å². The third-order valence-corrected chi connectivity index (χ3v) is 2.67. The van der Waals surface area contributed by atoms with E-state index in [4.69, 9.17) is 5.11 Å². The highest BCUT2D eigenvalue weighted by molar-refractivity contribution is 5.93.